The number of hydrogen-bond donors (Lipinski definition) is 3. The zero-order valence-electron chi connectivity index (χ0n) is 18.1. The number of carbonyl (C=O) groups excluding carboxylic acids is 3. The highest BCUT2D eigenvalue weighted by Crippen LogP contribution is 2.23. The zero-order chi connectivity index (χ0) is 21.6. The number of nitrogens with one attached hydrogen (secondary N) is 3. The zero-order valence-corrected chi connectivity index (χ0v) is 18.1. The first kappa shape index (κ1) is 21.5. The van der Waals surface area contributed by atoms with Gasteiger partial charge in [-0.3, -0.25) is 4.79 Å². The summed E-state index contributed by atoms with van der Waals surface area (Å²) >= 11 is 0. The highest BCUT2D eigenvalue weighted by Gasteiger charge is 2.25. The molecule has 1 saturated carbocycles. The Morgan fingerprint density at radius 3 is 2.06 bits per heavy atom. The molecule has 0 atom stereocenters. The van der Waals surface area contributed by atoms with Crippen molar-refractivity contribution in [1.82, 2.24) is 15.5 Å². The average molecular weight is 428 g/mol. The van der Waals surface area contributed by atoms with Crippen molar-refractivity contribution in [2.75, 3.05) is 29.9 Å². The monoisotopic (exact) mass is 427 g/mol. The molecule has 2 heterocycles. The van der Waals surface area contributed by atoms with Crippen LogP contribution in [-0.4, -0.2) is 54.6 Å². The van der Waals surface area contributed by atoms with Crippen LogP contribution in [0.3, 0.4) is 0 Å². The molecule has 1 aromatic rings. The minimum Gasteiger partial charge on any atom is -0.335 e. The normalized spacial score (nSPS) is 20.6. The molecule has 0 radical (unpaired) electrons. The van der Waals surface area contributed by atoms with E-state index < -0.39 is 0 Å². The van der Waals surface area contributed by atoms with Gasteiger partial charge in [-0.05, 0) is 56.4 Å². The predicted octanol–water partition coefficient (Wildman–Crippen LogP) is 3.44. The molecule has 8 nitrogen and oxygen atoms in total. The van der Waals surface area contributed by atoms with Gasteiger partial charge in [-0.25, -0.2) is 9.59 Å². The van der Waals surface area contributed by atoms with Crippen molar-refractivity contribution in [3.05, 3.63) is 24.3 Å². The summed E-state index contributed by atoms with van der Waals surface area (Å²) in [6.45, 7) is 1.98. The number of nitrogens with zero attached hydrogens (tertiary/aromatic N) is 2. The van der Waals surface area contributed by atoms with Crippen molar-refractivity contribution in [2.45, 2.75) is 69.9 Å². The summed E-state index contributed by atoms with van der Waals surface area (Å²) in [5, 5.41) is 9.10. The van der Waals surface area contributed by atoms with Crippen molar-refractivity contribution in [2.24, 2.45) is 0 Å². The number of hydrogen-bond acceptors (Lipinski definition) is 3. The number of carbonyl (C=O) groups is 3. The van der Waals surface area contributed by atoms with Gasteiger partial charge in [0.25, 0.3) is 0 Å². The van der Waals surface area contributed by atoms with Crippen LogP contribution in [-0.2, 0) is 4.79 Å². The lowest BCUT2D eigenvalue weighted by atomic mass is 9.96. The van der Waals surface area contributed by atoms with E-state index >= 15 is 0 Å². The van der Waals surface area contributed by atoms with Gasteiger partial charge in [-0.1, -0.05) is 19.3 Å². The van der Waals surface area contributed by atoms with Gasteiger partial charge < -0.3 is 25.8 Å². The van der Waals surface area contributed by atoms with Crippen molar-refractivity contribution in [3.8, 4) is 0 Å². The van der Waals surface area contributed by atoms with Gasteiger partial charge in [0.15, 0.2) is 0 Å². The highest BCUT2D eigenvalue weighted by molar-refractivity contribution is 5.96. The molecule has 3 fully saturated rings. The van der Waals surface area contributed by atoms with Crippen LogP contribution in [0.1, 0.15) is 57.8 Å². The van der Waals surface area contributed by atoms with Crippen LogP contribution in [0.25, 0.3) is 0 Å². The van der Waals surface area contributed by atoms with E-state index in [1.54, 1.807) is 9.80 Å². The molecular weight excluding hydrogens is 394 g/mol. The van der Waals surface area contributed by atoms with Crippen molar-refractivity contribution >= 4 is 29.3 Å². The summed E-state index contributed by atoms with van der Waals surface area (Å²) < 4.78 is 0. The highest BCUT2D eigenvalue weighted by atomic mass is 16.2. The molecule has 31 heavy (non-hydrogen) atoms. The summed E-state index contributed by atoms with van der Waals surface area (Å²) in [6.07, 6.45) is 8.79. The van der Waals surface area contributed by atoms with Crippen LogP contribution in [0.4, 0.5) is 21.0 Å². The van der Waals surface area contributed by atoms with Crippen LogP contribution in [0.15, 0.2) is 24.3 Å². The predicted molar refractivity (Wildman–Crippen MR) is 120 cm³/mol. The summed E-state index contributed by atoms with van der Waals surface area (Å²) in [5.41, 5.74) is 1.59. The smallest absolute Gasteiger partial charge is 0.321 e. The number of benzene rings is 1. The lowest BCUT2D eigenvalue weighted by molar-refractivity contribution is -0.117. The first-order valence-corrected chi connectivity index (χ1v) is 11.6. The molecule has 2 saturated heterocycles. The maximum atomic E-state index is 12.6. The fourth-order valence-corrected chi connectivity index (χ4v) is 4.73. The van der Waals surface area contributed by atoms with E-state index in [0.717, 1.165) is 44.3 Å². The molecule has 0 aromatic heterocycles. The molecule has 8 heteroatoms. The Labute approximate surface area is 183 Å². The molecule has 5 amide bonds. The average Bonchev–Trinajstić information content (AvgIpc) is 3.21. The lowest BCUT2D eigenvalue weighted by Gasteiger charge is -2.33. The largest absolute Gasteiger partial charge is 0.335 e. The molecule has 168 valence electrons. The van der Waals surface area contributed by atoms with Crippen LogP contribution in [0.5, 0.6) is 0 Å². The second kappa shape index (κ2) is 10.0. The standard InChI is InChI=1S/C23H33N5O3/c29-21-7-4-14-28(21)20-10-8-18(9-11-20)26-23(31)27-15-12-19(13-16-27)25-22(30)24-17-5-2-1-3-6-17/h8-11,17,19H,1-7,12-16H2,(H,26,31)(H2,24,25,30). The lowest BCUT2D eigenvalue weighted by Crippen LogP contribution is -2.51. The Hall–Kier alpha value is -2.77. The first-order chi connectivity index (χ1) is 15.1. The van der Waals surface area contributed by atoms with E-state index in [-0.39, 0.29) is 24.0 Å². The Morgan fingerprint density at radius 2 is 1.45 bits per heavy atom. The fraction of sp³-hybridized carbons (Fsp3) is 0.609. The second-order valence-electron chi connectivity index (χ2n) is 8.84. The molecule has 0 bridgehead atoms. The molecule has 1 aliphatic carbocycles. The number of rotatable bonds is 4. The number of piperidine rings is 1. The Bertz CT molecular complexity index is 783. The number of anilines is 2. The molecule has 4 rings (SSSR count). The quantitative estimate of drug-likeness (QED) is 0.687. The number of urea groups is 2. The summed E-state index contributed by atoms with van der Waals surface area (Å²) in [5.74, 6) is 0.153. The van der Waals surface area contributed by atoms with Gasteiger partial charge in [0.2, 0.25) is 5.91 Å². The van der Waals surface area contributed by atoms with E-state index in [0.29, 0.717) is 31.2 Å². The van der Waals surface area contributed by atoms with Gasteiger partial charge in [-0.2, -0.15) is 0 Å². The fourth-order valence-electron chi connectivity index (χ4n) is 4.73. The summed E-state index contributed by atoms with van der Waals surface area (Å²) in [7, 11) is 0. The first-order valence-electron chi connectivity index (χ1n) is 11.6. The van der Waals surface area contributed by atoms with E-state index in [9.17, 15) is 14.4 Å². The van der Waals surface area contributed by atoms with E-state index in [1.807, 2.05) is 24.3 Å². The van der Waals surface area contributed by atoms with E-state index in [1.165, 1.54) is 19.3 Å². The van der Waals surface area contributed by atoms with Crippen molar-refractivity contribution in [1.29, 1.82) is 0 Å². The third kappa shape index (κ3) is 5.68. The van der Waals surface area contributed by atoms with E-state index in [2.05, 4.69) is 16.0 Å². The molecule has 3 aliphatic rings. The Kier molecular flexibility index (Phi) is 6.94. The molecule has 0 unspecified atom stereocenters. The van der Waals surface area contributed by atoms with Crippen molar-refractivity contribution < 1.29 is 14.4 Å². The third-order valence-electron chi connectivity index (χ3n) is 6.56. The van der Waals surface area contributed by atoms with Crippen molar-refractivity contribution in [3.63, 3.8) is 0 Å². The topological polar surface area (TPSA) is 93.8 Å². The number of amides is 5. The second-order valence-corrected chi connectivity index (χ2v) is 8.84. The molecule has 1 aromatic carbocycles. The van der Waals surface area contributed by atoms with E-state index in [4.69, 9.17) is 0 Å². The van der Waals surface area contributed by atoms with Crippen LogP contribution in [0, 0.1) is 0 Å². The minimum atomic E-state index is -0.130. The molecular formula is C23H33N5O3. The number of likely N-dealkylation sites (tertiary alicyclic amines) is 1. The SMILES string of the molecule is O=C(NC1CCCCC1)NC1CCN(C(=O)Nc2ccc(N3CCCC3=O)cc2)CC1. The van der Waals surface area contributed by atoms with Gasteiger partial charge in [0.1, 0.15) is 0 Å². The van der Waals surface area contributed by atoms with Gasteiger partial charge in [0.05, 0.1) is 0 Å². The summed E-state index contributed by atoms with van der Waals surface area (Å²) in [6, 6.07) is 7.62. The van der Waals surface area contributed by atoms with Crippen LogP contribution < -0.4 is 20.9 Å². The minimum absolute atomic E-state index is 0.0774. The third-order valence-corrected chi connectivity index (χ3v) is 6.56. The maximum Gasteiger partial charge on any atom is 0.321 e. The van der Waals surface area contributed by atoms with Crippen LogP contribution in [0.2, 0.25) is 0 Å². The van der Waals surface area contributed by atoms with Gasteiger partial charge in [0, 0.05) is 49.5 Å². The van der Waals surface area contributed by atoms with Crippen LogP contribution >= 0.6 is 0 Å². The Morgan fingerprint density at radius 1 is 0.806 bits per heavy atom. The summed E-state index contributed by atoms with van der Waals surface area (Å²) in [4.78, 5) is 40.3. The molecule has 2 aliphatic heterocycles. The maximum absolute atomic E-state index is 12.6. The van der Waals surface area contributed by atoms with Gasteiger partial charge in [-0.15, -0.1) is 0 Å². The molecule has 0 spiro atoms. The van der Waals surface area contributed by atoms with Gasteiger partial charge >= 0.3 is 12.1 Å². The Balaban J connectivity index is 1.19. The molecule has 3 N–H and O–H groups in total.